The normalized spacial score (nSPS) is 13.7. The Labute approximate surface area is 344 Å². The first-order valence-electron chi connectivity index (χ1n) is 16.8. The third kappa shape index (κ3) is 26.5. The standard InChI is InChI=1S/C31H52N6O16S4/c1-29(2,3)56-54-14-18(22(42)33-10-20(38)39)37-27(49)52-13-17(25(46)47)35-28(50)53-30(4,5)8-9-31(6,7)57-55-15-19(23(43)34-11-21(40)41)36-26(48)51-12-16(32)24(44)45/h16-19H,8-15,32H2,1-7H3,(H,33,42)(H,34,43)(H,35,50)(H,36,48)(H,37,49)(H,38,39)(H,40,41)(H,44,45)(H,46,47). The summed E-state index contributed by atoms with van der Waals surface area (Å²) in [5, 5.41) is 47.2. The van der Waals surface area contributed by atoms with E-state index in [4.69, 9.17) is 35.3 Å². The fourth-order valence-electron chi connectivity index (χ4n) is 3.53. The Kier molecular flexibility index (Phi) is 23.6. The van der Waals surface area contributed by atoms with Crippen LogP contribution in [-0.2, 0) is 43.0 Å². The van der Waals surface area contributed by atoms with Crippen molar-refractivity contribution in [1.82, 2.24) is 26.6 Å². The van der Waals surface area contributed by atoms with Gasteiger partial charge in [-0.25, -0.2) is 19.2 Å². The topological polar surface area (TPSA) is 348 Å². The van der Waals surface area contributed by atoms with Crippen LogP contribution < -0.4 is 32.3 Å². The molecule has 0 aromatic carbocycles. The molecule has 0 saturated heterocycles. The molecule has 0 spiro atoms. The molecule has 11 N–H and O–H groups in total. The summed E-state index contributed by atoms with van der Waals surface area (Å²) < 4.78 is 14.4. The van der Waals surface area contributed by atoms with Crippen LogP contribution >= 0.6 is 43.2 Å². The smallest absolute Gasteiger partial charge is 0.408 e. The van der Waals surface area contributed by atoms with Crippen molar-refractivity contribution < 1.29 is 77.8 Å². The second kappa shape index (κ2) is 25.4. The number of aliphatic carboxylic acids is 4. The number of amides is 5. The van der Waals surface area contributed by atoms with Crippen molar-refractivity contribution >= 4 is 97.1 Å². The Morgan fingerprint density at radius 1 is 0.596 bits per heavy atom. The van der Waals surface area contributed by atoms with Crippen LogP contribution in [0, 0.1) is 0 Å². The van der Waals surface area contributed by atoms with Crippen LogP contribution in [0.5, 0.6) is 0 Å². The molecule has 326 valence electrons. The van der Waals surface area contributed by atoms with E-state index in [1.807, 2.05) is 34.6 Å². The lowest BCUT2D eigenvalue weighted by atomic mass is 9.96. The molecule has 22 nitrogen and oxygen atoms in total. The van der Waals surface area contributed by atoms with Crippen LogP contribution in [0.4, 0.5) is 14.4 Å². The molecule has 0 heterocycles. The zero-order valence-corrected chi connectivity index (χ0v) is 35.6. The Hall–Kier alpha value is -4.01. The number of alkyl carbamates (subject to hydrolysis) is 3. The van der Waals surface area contributed by atoms with Gasteiger partial charge in [0.2, 0.25) is 11.8 Å². The molecule has 0 aromatic heterocycles. The minimum atomic E-state index is -1.76. The van der Waals surface area contributed by atoms with E-state index in [0.717, 1.165) is 10.8 Å². The van der Waals surface area contributed by atoms with Crippen LogP contribution in [0.2, 0.25) is 0 Å². The van der Waals surface area contributed by atoms with Gasteiger partial charge in [-0.15, -0.1) is 0 Å². The van der Waals surface area contributed by atoms with Gasteiger partial charge in [0, 0.05) is 21.0 Å². The number of carboxylic acid groups (broad SMARTS) is 4. The minimum Gasteiger partial charge on any atom is -0.480 e. The maximum absolute atomic E-state index is 12.7. The van der Waals surface area contributed by atoms with Gasteiger partial charge >= 0.3 is 42.2 Å². The number of carboxylic acids is 4. The molecular formula is C31H52N6O16S4. The molecule has 0 aromatic rings. The van der Waals surface area contributed by atoms with Crippen LogP contribution in [-0.4, -0.2) is 151 Å². The molecule has 4 unspecified atom stereocenters. The third-order valence-electron chi connectivity index (χ3n) is 6.49. The molecule has 0 bridgehead atoms. The van der Waals surface area contributed by atoms with Crippen LogP contribution in [0.25, 0.3) is 0 Å². The second-order valence-electron chi connectivity index (χ2n) is 14.1. The molecule has 0 fully saturated rings. The van der Waals surface area contributed by atoms with Gasteiger partial charge in [-0.1, -0.05) is 63.9 Å². The minimum absolute atomic E-state index is 0.0198. The molecule has 4 atom stereocenters. The van der Waals surface area contributed by atoms with Gasteiger partial charge in [0.15, 0.2) is 6.04 Å². The number of hydrogen-bond acceptors (Lipinski definition) is 17. The summed E-state index contributed by atoms with van der Waals surface area (Å²) in [4.78, 5) is 107. The summed E-state index contributed by atoms with van der Waals surface area (Å²) in [5.41, 5.74) is 4.15. The molecule has 26 heteroatoms. The average molecular weight is 893 g/mol. The zero-order valence-electron chi connectivity index (χ0n) is 32.4. The van der Waals surface area contributed by atoms with Crippen molar-refractivity contribution in [1.29, 1.82) is 0 Å². The fraction of sp³-hybridized carbons (Fsp3) is 0.710. The van der Waals surface area contributed by atoms with Gasteiger partial charge in [0.05, 0.1) is 0 Å². The number of carbonyl (C=O) groups excluding carboxylic acids is 5. The summed E-state index contributed by atoms with van der Waals surface area (Å²) in [5.74, 6) is -7.34. The van der Waals surface area contributed by atoms with Gasteiger partial charge in [0.25, 0.3) is 0 Å². The quantitative estimate of drug-likeness (QED) is 0.0429. The lowest BCUT2D eigenvalue weighted by molar-refractivity contribution is -0.141. The summed E-state index contributed by atoms with van der Waals surface area (Å²) in [7, 11) is 5.07. The highest BCUT2D eigenvalue weighted by molar-refractivity contribution is 8.77. The van der Waals surface area contributed by atoms with Crippen LogP contribution in [0.3, 0.4) is 0 Å². The number of ether oxygens (including phenoxy) is 3. The molecule has 0 aliphatic carbocycles. The van der Waals surface area contributed by atoms with Crippen molar-refractivity contribution in [2.24, 2.45) is 5.73 Å². The number of carbonyl (C=O) groups is 9. The number of rotatable bonds is 26. The summed E-state index contributed by atoms with van der Waals surface area (Å²) in [6.45, 7) is 9.60. The summed E-state index contributed by atoms with van der Waals surface area (Å²) >= 11 is 0. The van der Waals surface area contributed by atoms with E-state index in [2.05, 4.69) is 26.6 Å². The van der Waals surface area contributed by atoms with Gasteiger partial charge in [-0.05, 0) is 40.5 Å². The van der Waals surface area contributed by atoms with E-state index < -0.39 is 115 Å². The van der Waals surface area contributed by atoms with E-state index in [-0.39, 0.29) is 22.7 Å². The summed E-state index contributed by atoms with van der Waals surface area (Å²) in [6.07, 6.45) is -2.86. The van der Waals surface area contributed by atoms with Gasteiger partial charge in [-0.2, -0.15) is 0 Å². The lowest BCUT2D eigenvalue weighted by Gasteiger charge is -2.31. The maximum Gasteiger partial charge on any atom is 0.408 e. The second-order valence-corrected chi connectivity index (χ2v) is 20.3. The van der Waals surface area contributed by atoms with Crippen molar-refractivity contribution in [3.05, 3.63) is 0 Å². The average Bonchev–Trinajstić information content (AvgIpc) is 3.07. The van der Waals surface area contributed by atoms with E-state index >= 15 is 0 Å². The Morgan fingerprint density at radius 3 is 1.46 bits per heavy atom. The highest BCUT2D eigenvalue weighted by Crippen LogP contribution is 2.40. The molecule has 0 rings (SSSR count). The van der Waals surface area contributed by atoms with Crippen molar-refractivity contribution in [3.63, 3.8) is 0 Å². The molecular weight excluding hydrogens is 841 g/mol. The van der Waals surface area contributed by atoms with E-state index in [1.165, 1.54) is 32.4 Å². The summed E-state index contributed by atoms with van der Waals surface area (Å²) in [6, 6.07) is -5.78. The molecule has 0 aliphatic rings. The zero-order chi connectivity index (χ0) is 44.1. The number of hydrogen-bond donors (Lipinski definition) is 10. The highest BCUT2D eigenvalue weighted by Gasteiger charge is 2.32. The van der Waals surface area contributed by atoms with Crippen molar-refractivity contribution in [3.8, 4) is 0 Å². The first-order chi connectivity index (χ1) is 26.1. The van der Waals surface area contributed by atoms with Crippen molar-refractivity contribution in [2.75, 3.05) is 37.8 Å². The fourth-order valence-corrected chi connectivity index (χ4v) is 8.76. The molecule has 0 radical (unpaired) electrons. The van der Waals surface area contributed by atoms with Crippen molar-refractivity contribution in [2.45, 2.75) is 101 Å². The lowest BCUT2D eigenvalue weighted by Crippen LogP contribution is -2.51. The molecule has 5 amide bonds. The predicted molar refractivity (Wildman–Crippen MR) is 212 cm³/mol. The first-order valence-corrected chi connectivity index (χ1v) is 21.4. The number of nitrogens with one attached hydrogen (secondary N) is 5. The monoisotopic (exact) mass is 892 g/mol. The van der Waals surface area contributed by atoms with E-state index in [1.54, 1.807) is 13.8 Å². The van der Waals surface area contributed by atoms with E-state index in [9.17, 15) is 48.3 Å². The third-order valence-corrected chi connectivity index (χ3v) is 13.2. The Morgan fingerprint density at radius 2 is 1.04 bits per heavy atom. The Balaban J connectivity index is 5.23. The first kappa shape index (κ1) is 53.0. The van der Waals surface area contributed by atoms with Gasteiger partial charge in [-0.3, -0.25) is 24.0 Å². The SMILES string of the molecule is CC(C)(CCC(C)(C)SSCC(NC(=O)OCC(N)C(=O)O)C(=O)NCC(=O)O)OC(=O)NC(COC(=O)NC(CSSC(C)(C)C)C(=O)NCC(=O)O)C(=O)O. The highest BCUT2D eigenvalue weighted by atomic mass is 33.1. The van der Waals surface area contributed by atoms with Gasteiger partial charge < -0.3 is 67.0 Å². The maximum atomic E-state index is 12.7. The molecule has 57 heavy (non-hydrogen) atoms. The van der Waals surface area contributed by atoms with Crippen LogP contribution in [0.15, 0.2) is 0 Å². The van der Waals surface area contributed by atoms with E-state index in [0.29, 0.717) is 6.42 Å². The number of nitrogens with two attached hydrogens (primary N) is 1. The van der Waals surface area contributed by atoms with Crippen LogP contribution in [0.1, 0.15) is 61.3 Å². The predicted octanol–water partition coefficient (Wildman–Crippen LogP) is 1.07. The van der Waals surface area contributed by atoms with Gasteiger partial charge in [0.1, 0.15) is 50.0 Å². The Bertz CT molecular complexity index is 1430. The molecule has 0 aliphatic heterocycles. The molecule has 0 saturated carbocycles. The largest absolute Gasteiger partial charge is 0.480 e.